The van der Waals surface area contributed by atoms with Crippen molar-refractivity contribution in [1.82, 2.24) is 10.2 Å². The van der Waals surface area contributed by atoms with Gasteiger partial charge in [0.2, 0.25) is 0 Å². The van der Waals surface area contributed by atoms with Crippen LogP contribution in [0.2, 0.25) is 0 Å². The molecule has 0 heterocycles. The number of rotatable bonds is 7. The number of nitrogens with one attached hydrogen (secondary N) is 1. The SMILES string of the molecule is CCN(Cc1cc(CNC(C)(C)C)ccc1F)CC(C)C. The zero-order chi connectivity index (χ0) is 16.0. The second-order valence-corrected chi connectivity index (χ2v) is 7.25. The minimum Gasteiger partial charge on any atom is -0.308 e. The summed E-state index contributed by atoms with van der Waals surface area (Å²) in [7, 11) is 0. The predicted octanol–water partition coefficient (Wildman–Crippen LogP) is 4.19. The molecule has 0 aromatic heterocycles. The van der Waals surface area contributed by atoms with Crippen molar-refractivity contribution in [3.8, 4) is 0 Å². The first-order valence-electron chi connectivity index (χ1n) is 7.96. The Hall–Kier alpha value is -0.930. The molecule has 21 heavy (non-hydrogen) atoms. The van der Waals surface area contributed by atoms with Gasteiger partial charge >= 0.3 is 0 Å². The molecule has 1 aromatic carbocycles. The van der Waals surface area contributed by atoms with E-state index in [-0.39, 0.29) is 11.4 Å². The second-order valence-electron chi connectivity index (χ2n) is 7.25. The summed E-state index contributed by atoms with van der Waals surface area (Å²) in [6, 6.07) is 5.46. The van der Waals surface area contributed by atoms with E-state index in [1.165, 1.54) is 0 Å². The molecule has 0 saturated carbocycles. The molecular weight excluding hydrogens is 263 g/mol. The Bertz CT molecular complexity index is 435. The van der Waals surface area contributed by atoms with Gasteiger partial charge in [0.05, 0.1) is 0 Å². The Kier molecular flexibility index (Phi) is 6.82. The van der Waals surface area contributed by atoms with Crippen molar-refractivity contribution >= 4 is 0 Å². The van der Waals surface area contributed by atoms with Crippen LogP contribution in [0.5, 0.6) is 0 Å². The normalized spacial score (nSPS) is 12.4. The number of benzene rings is 1. The van der Waals surface area contributed by atoms with Crippen molar-refractivity contribution in [3.63, 3.8) is 0 Å². The van der Waals surface area contributed by atoms with Gasteiger partial charge in [-0.05, 0) is 44.9 Å². The molecule has 0 aliphatic carbocycles. The smallest absolute Gasteiger partial charge is 0.127 e. The second kappa shape index (κ2) is 7.90. The van der Waals surface area contributed by atoms with Crippen LogP contribution in [0.15, 0.2) is 18.2 Å². The third-order valence-corrected chi connectivity index (χ3v) is 3.40. The summed E-state index contributed by atoms with van der Waals surface area (Å²) in [6.07, 6.45) is 0. The van der Waals surface area contributed by atoms with Crippen molar-refractivity contribution < 1.29 is 4.39 Å². The summed E-state index contributed by atoms with van der Waals surface area (Å²) in [5.74, 6) is 0.496. The van der Waals surface area contributed by atoms with Crippen molar-refractivity contribution in [1.29, 1.82) is 0 Å². The first kappa shape index (κ1) is 18.1. The van der Waals surface area contributed by atoms with E-state index in [0.717, 1.165) is 30.8 Å². The summed E-state index contributed by atoms with van der Waals surface area (Å²) in [4.78, 5) is 2.30. The molecule has 0 saturated heterocycles. The van der Waals surface area contributed by atoms with Gasteiger partial charge in [0.15, 0.2) is 0 Å². The fraction of sp³-hybridized carbons (Fsp3) is 0.667. The van der Waals surface area contributed by atoms with Crippen LogP contribution in [0.3, 0.4) is 0 Å². The molecule has 120 valence electrons. The molecule has 0 atom stereocenters. The Labute approximate surface area is 129 Å². The molecule has 0 radical (unpaired) electrons. The Morgan fingerprint density at radius 3 is 2.43 bits per heavy atom. The van der Waals surface area contributed by atoms with E-state index in [0.29, 0.717) is 12.5 Å². The van der Waals surface area contributed by atoms with E-state index < -0.39 is 0 Å². The number of nitrogens with zero attached hydrogens (tertiary/aromatic N) is 1. The van der Waals surface area contributed by atoms with E-state index in [2.05, 4.69) is 51.8 Å². The van der Waals surface area contributed by atoms with Gasteiger partial charge in [0.25, 0.3) is 0 Å². The highest BCUT2D eigenvalue weighted by Gasteiger charge is 2.12. The van der Waals surface area contributed by atoms with E-state index in [9.17, 15) is 4.39 Å². The largest absolute Gasteiger partial charge is 0.308 e. The predicted molar refractivity (Wildman–Crippen MR) is 88.8 cm³/mol. The maximum Gasteiger partial charge on any atom is 0.127 e. The third-order valence-electron chi connectivity index (χ3n) is 3.40. The molecule has 3 heteroatoms. The zero-order valence-electron chi connectivity index (χ0n) is 14.5. The topological polar surface area (TPSA) is 15.3 Å². The van der Waals surface area contributed by atoms with E-state index in [1.54, 1.807) is 6.07 Å². The van der Waals surface area contributed by atoms with Gasteiger partial charge in [-0.2, -0.15) is 0 Å². The van der Waals surface area contributed by atoms with E-state index >= 15 is 0 Å². The fourth-order valence-electron chi connectivity index (χ4n) is 2.29. The van der Waals surface area contributed by atoms with Crippen LogP contribution in [0.4, 0.5) is 4.39 Å². The van der Waals surface area contributed by atoms with Gasteiger partial charge in [-0.1, -0.05) is 32.9 Å². The molecule has 0 aliphatic heterocycles. The molecule has 1 N–H and O–H groups in total. The summed E-state index contributed by atoms with van der Waals surface area (Å²) < 4.78 is 14.0. The van der Waals surface area contributed by atoms with Crippen LogP contribution in [-0.4, -0.2) is 23.5 Å². The molecule has 2 nitrogen and oxygen atoms in total. The molecule has 0 amide bonds. The highest BCUT2D eigenvalue weighted by atomic mass is 19.1. The van der Waals surface area contributed by atoms with Crippen LogP contribution < -0.4 is 5.32 Å². The summed E-state index contributed by atoms with van der Waals surface area (Å²) in [5.41, 5.74) is 2.01. The maximum absolute atomic E-state index is 14.0. The minimum atomic E-state index is -0.100. The molecule has 0 bridgehead atoms. The lowest BCUT2D eigenvalue weighted by molar-refractivity contribution is 0.245. The van der Waals surface area contributed by atoms with Crippen molar-refractivity contribution in [2.75, 3.05) is 13.1 Å². The third kappa shape index (κ3) is 7.05. The van der Waals surface area contributed by atoms with Crippen molar-refractivity contribution in [3.05, 3.63) is 35.1 Å². The van der Waals surface area contributed by atoms with Crippen LogP contribution in [0.1, 0.15) is 52.7 Å². The Balaban J connectivity index is 2.77. The van der Waals surface area contributed by atoms with E-state index in [4.69, 9.17) is 0 Å². The van der Waals surface area contributed by atoms with Crippen LogP contribution >= 0.6 is 0 Å². The van der Waals surface area contributed by atoms with Crippen LogP contribution in [0, 0.1) is 11.7 Å². The molecule has 0 fully saturated rings. The van der Waals surface area contributed by atoms with Gasteiger partial charge in [-0.15, -0.1) is 0 Å². The van der Waals surface area contributed by atoms with Gasteiger partial charge in [0.1, 0.15) is 5.82 Å². The molecule has 1 aromatic rings. The summed E-state index contributed by atoms with van der Waals surface area (Å²) in [5, 5.41) is 3.45. The molecule has 0 spiro atoms. The quantitative estimate of drug-likeness (QED) is 0.811. The van der Waals surface area contributed by atoms with Crippen molar-refractivity contribution in [2.45, 2.75) is 60.2 Å². The van der Waals surface area contributed by atoms with Crippen LogP contribution in [0.25, 0.3) is 0 Å². The van der Waals surface area contributed by atoms with Crippen molar-refractivity contribution in [2.24, 2.45) is 5.92 Å². The minimum absolute atomic E-state index is 0.0711. The molecule has 0 unspecified atom stereocenters. The Morgan fingerprint density at radius 2 is 1.90 bits per heavy atom. The zero-order valence-corrected chi connectivity index (χ0v) is 14.5. The summed E-state index contributed by atoms with van der Waals surface area (Å²) >= 11 is 0. The monoisotopic (exact) mass is 294 g/mol. The first-order chi connectivity index (χ1) is 9.71. The molecule has 1 rings (SSSR count). The lowest BCUT2D eigenvalue weighted by atomic mass is 10.1. The number of hydrogen-bond acceptors (Lipinski definition) is 2. The maximum atomic E-state index is 14.0. The van der Waals surface area contributed by atoms with E-state index in [1.807, 2.05) is 12.1 Å². The fourth-order valence-corrected chi connectivity index (χ4v) is 2.29. The number of hydrogen-bond donors (Lipinski definition) is 1. The highest BCUT2D eigenvalue weighted by molar-refractivity contribution is 5.25. The highest BCUT2D eigenvalue weighted by Crippen LogP contribution is 2.15. The summed E-state index contributed by atoms with van der Waals surface area (Å²) in [6.45, 7) is 16.3. The van der Waals surface area contributed by atoms with Crippen LogP contribution in [-0.2, 0) is 13.1 Å². The number of halogens is 1. The standard InChI is InChI=1S/C18H31FN2/c1-7-21(12-14(2)3)13-16-10-15(8-9-17(16)19)11-20-18(4,5)6/h8-10,14,20H,7,11-13H2,1-6H3. The lowest BCUT2D eigenvalue weighted by Crippen LogP contribution is -2.35. The average Bonchev–Trinajstić information content (AvgIpc) is 2.37. The average molecular weight is 294 g/mol. The van der Waals surface area contributed by atoms with Gasteiger partial charge in [0, 0.05) is 30.7 Å². The lowest BCUT2D eigenvalue weighted by Gasteiger charge is -2.24. The first-order valence-corrected chi connectivity index (χ1v) is 7.96. The molecular formula is C18H31FN2. The molecule has 0 aliphatic rings. The Morgan fingerprint density at radius 1 is 1.24 bits per heavy atom. The van der Waals surface area contributed by atoms with Gasteiger partial charge in [-0.25, -0.2) is 4.39 Å². The van der Waals surface area contributed by atoms with Gasteiger partial charge < -0.3 is 5.32 Å². The van der Waals surface area contributed by atoms with Gasteiger partial charge in [-0.3, -0.25) is 4.90 Å².